The van der Waals surface area contributed by atoms with Crippen LogP contribution in [0.5, 0.6) is 0 Å². The zero-order valence-corrected chi connectivity index (χ0v) is 11.9. The van der Waals surface area contributed by atoms with Gasteiger partial charge in [-0.05, 0) is 0 Å². The quantitative estimate of drug-likeness (QED) is 0.312. The van der Waals surface area contributed by atoms with E-state index < -0.39 is 23.9 Å². The third kappa shape index (κ3) is 22.6. The molecule has 0 N–H and O–H groups in total. The van der Waals surface area contributed by atoms with E-state index in [1.807, 2.05) is 0 Å². The van der Waals surface area contributed by atoms with Gasteiger partial charge < -0.3 is 39.6 Å². The van der Waals surface area contributed by atoms with Crippen molar-refractivity contribution in [2.45, 2.75) is 0 Å². The molecule has 0 aliphatic carbocycles. The summed E-state index contributed by atoms with van der Waals surface area (Å²) in [6.07, 6.45) is 0. The molecule has 0 fully saturated rings. The fourth-order valence-corrected chi connectivity index (χ4v) is 0. The Balaban J connectivity index is -0.0000000625. The first-order valence-corrected chi connectivity index (χ1v) is 2.13. The Bertz CT molecular complexity index is 177. The van der Waals surface area contributed by atoms with Gasteiger partial charge in [0, 0.05) is 0 Å². The summed E-state index contributed by atoms with van der Waals surface area (Å²) in [5.74, 6) is -8.74. The van der Waals surface area contributed by atoms with Crippen LogP contribution >= 0.6 is 0 Å². The van der Waals surface area contributed by atoms with Gasteiger partial charge in [0.1, 0.15) is 0 Å². The Morgan fingerprint density at radius 3 is 0.643 bits per heavy atom. The largest absolute Gasteiger partial charge is 2.00 e. The minimum absolute atomic E-state index is 0. The normalized spacial score (nSPS) is 6.29. The second-order valence-corrected chi connectivity index (χ2v) is 1.15. The van der Waals surface area contributed by atoms with Crippen molar-refractivity contribution in [1.29, 1.82) is 0 Å². The minimum Gasteiger partial charge on any atom is -0.543 e. The van der Waals surface area contributed by atoms with E-state index in [1.165, 1.54) is 0 Å². The van der Waals surface area contributed by atoms with Gasteiger partial charge in [-0.25, -0.2) is 0 Å². The summed E-state index contributed by atoms with van der Waals surface area (Å²) in [5.41, 5.74) is 0. The van der Waals surface area contributed by atoms with Crippen LogP contribution in [0.15, 0.2) is 0 Å². The molecule has 0 aromatic heterocycles. The Morgan fingerprint density at radius 2 is 0.643 bits per heavy atom. The Hall–Kier alpha value is -0.237. The predicted molar refractivity (Wildman–Crippen MR) is 25.8 cm³/mol. The van der Waals surface area contributed by atoms with Gasteiger partial charge in [0.2, 0.25) is 0 Å². The second-order valence-electron chi connectivity index (χ2n) is 1.15. The zero-order valence-electron chi connectivity index (χ0n) is 6.68. The van der Waals surface area contributed by atoms with Gasteiger partial charge in [-0.3, -0.25) is 0 Å². The SMILES string of the molecule is O=C([O-])C(=O)[O-].O=C([O-])C(=O)[O-].[Ca+2].[Zn+2]. The maximum Gasteiger partial charge on any atom is 2.00 e. The van der Waals surface area contributed by atoms with E-state index in [4.69, 9.17) is 39.6 Å². The first kappa shape index (κ1) is 23.5. The van der Waals surface area contributed by atoms with Gasteiger partial charge in [-0.2, -0.15) is 0 Å². The van der Waals surface area contributed by atoms with Gasteiger partial charge in [0.25, 0.3) is 0 Å². The number of aliphatic carboxylic acids is 4. The molecule has 0 aromatic rings. The molecule has 0 amide bonds. The maximum absolute atomic E-state index is 8.93. The van der Waals surface area contributed by atoms with Crippen LogP contribution in [-0.2, 0) is 38.7 Å². The summed E-state index contributed by atoms with van der Waals surface area (Å²) in [6, 6.07) is 0. The van der Waals surface area contributed by atoms with Crippen LogP contribution in [0.3, 0.4) is 0 Å². The number of carboxylic acid groups (broad SMARTS) is 4. The molecule has 0 aliphatic rings. The molecule has 0 spiro atoms. The van der Waals surface area contributed by atoms with Crippen LogP contribution in [0.1, 0.15) is 0 Å². The molecule has 0 radical (unpaired) electrons. The summed E-state index contributed by atoms with van der Waals surface area (Å²) in [4.78, 5) is 35.7. The third-order valence-electron chi connectivity index (χ3n) is 0.333. The molecule has 68 valence electrons. The number of carbonyl (C=O) groups is 4. The van der Waals surface area contributed by atoms with Crippen molar-refractivity contribution < 1.29 is 59.1 Å². The number of carbonyl (C=O) groups excluding carboxylic acids is 4. The first-order valence-electron chi connectivity index (χ1n) is 2.13. The fraction of sp³-hybridized carbons (Fsp3) is 0. The van der Waals surface area contributed by atoms with Crippen molar-refractivity contribution in [2.24, 2.45) is 0 Å². The van der Waals surface area contributed by atoms with Gasteiger partial charge in [-0.1, -0.05) is 0 Å². The molecule has 0 aliphatic heterocycles. The van der Waals surface area contributed by atoms with E-state index in [0.29, 0.717) is 0 Å². The number of hydrogen-bond donors (Lipinski definition) is 0. The zero-order chi connectivity index (χ0) is 10.3. The van der Waals surface area contributed by atoms with Crippen molar-refractivity contribution in [1.82, 2.24) is 0 Å². The van der Waals surface area contributed by atoms with Crippen LogP contribution < -0.4 is 20.4 Å². The van der Waals surface area contributed by atoms with E-state index in [-0.39, 0.29) is 57.2 Å². The van der Waals surface area contributed by atoms with Crippen molar-refractivity contribution in [3.63, 3.8) is 0 Å². The molecule has 10 heteroatoms. The van der Waals surface area contributed by atoms with E-state index in [2.05, 4.69) is 0 Å². The summed E-state index contributed by atoms with van der Waals surface area (Å²) in [5, 5.41) is 35.7. The summed E-state index contributed by atoms with van der Waals surface area (Å²) in [6.45, 7) is 0. The van der Waals surface area contributed by atoms with Crippen molar-refractivity contribution in [3.8, 4) is 0 Å². The molecule has 0 aromatic carbocycles. The standard InChI is InChI=1S/2C2H2O4.Ca.Zn/c2*3-1(4)2(5)6;;/h2*(H,3,4)(H,5,6);;/q;;2*+2/p-4. The van der Waals surface area contributed by atoms with E-state index in [9.17, 15) is 0 Å². The molecule has 8 nitrogen and oxygen atoms in total. The van der Waals surface area contributed by atoms with E-state index in [0.717, 1.165) is 0 Å². The molecule has 0 saturated carbocycles. The summed E-state index contributed by atoms with van der Waals surface area (Å²) < 4.78 is 0. The molecule has 0 rings (SSSR count). The van der Waals surface area contributed by atoms with Crippen molar-refractivity contribution in [3.05, 3.63) is 0 Å². The Morgan fingerprint density at radius 1 is 0.571 bits per heavy atom. The maximum atomic E-state index is 8.93. The second kappa shape index (κ2) is 12.8. The van der Waals surface area contributed by atoms with Gasteiger partial charge >= 0.3 is 57.2 Å². The average molecular weight is 282 g/mol. The summed E-state index contributed by atoms with van der Waals surface area (Å²) >= 11 is 0. The molecule has 0 atom stereocenters. The van der Waals surface area contributed by atoms with Gasteiger partial charge in [0.05, 0.1) is 23.9 Å². The molecule has 14 heavy (non-hydrogen) atoms. The van der Waals surface area contributed by atoms with E-state index >= 15 is 0 Å². The van der Waals surface area contributed by atoms with Gasteiger partial charge in [-0.15, -0.1) is 0 Å². The average Bonchev–Trinajstić information content (AvgIpc) is 1.88. The van der Waals surface area contributed by atoms with E-state index in [1.54, 1.807) is 0 Å². The molecule has 0 bridgehead atoms. The Labute approximate surface area is 120 Å². The number of rotatable bonds is 0. The summed E-state index contributed by atoms with van der Waals surface area (Å²) in [7, 11) is 0. The third-order valence-corrected chi connectivity index (χ3v) is 0.333. The molecule has 0 saturated heterocycles. The predicted octanol–water partition coefficient (Wildman–Crippen LogP) is -7.41. The number of hydrogen-bond acceptors (Lipinski definition) is 8. The molecular weight excluding hydrogens is 282 g/mol. The minimum atomic E-state index is -2.19. The smallest absolute Gasteiger partial charge is 0.543 e. The fourth-order valence-electron chi connectivity index (χ4n) is 0. The monoisotopic (exact) mass is 280 g/mol. The van der Waals surface area contributed by atoms with Crippen LogP contribution in [0, 0.1) is 0 Å². The molecular formula is C4CaO8Zn. The number of carboxylic acids is 4. The Kier molecular flexibility index (Phi) is 21.4. The molecule has 0 unspecified atom stereocenters. The molecule has 0 heterocycles. The topological polar surface area (TPSA) is 161 Å². The first-order chi connectivity index (χ1) is 5.29. The van der Waals surface area contributed by atoms with Gasteiger partial charge in [0.15, 0.2) is 0 Å². The van der Waals surface area contributed by atoms with Crippen LogP contribution in [0.25, 0.3) is 0 Å². The van der Waals surface area contributed by atoms with Crippen molar-refractivity contribution in [2.75, 3.05) is 0 Å². The van der Waals surface area contributed by atoms with Crippen LogP contribution in [0.2, 0.25) is 0 Å². The van der Waals surface area contributed by atoms with Crippen molar-refractivity contribution >= 4 is 61.6 Å². The van der Waals surface area contributed by atoms with Crippen LogP contribution in [0.4, 0.5) is 0 Å². The van der Waals surface area contributed by atoms with Crippen LogP contribution in [-0.4, -0.2) is 61.6 Å².